The van der Waals surface area contributed by atoms with Gasteiger partial charge >= 0.3 is 10.2 Å². The van der Waals surface area contributed by atoms with E-state index in [4.69, 9.17) is 16.3 Å². The van der Waals surface area contributed by atoms with Crippen LogP contribution in [-0.2, 0) is 16.6 Å². The van der Waals surface area contributed by atoms with Gasteiger partial charge in [0.2, 0.25) is 0 Å². The van der Waals surface area contributed by atoms with E-state index in [1.165, 1.54) is 17.5 Å². The van der Waals surface area contributed by atoms with Crippen molar-refractivity contribution in [3.8, 4) is 5.75 Å². The van der Waals surface area contributed by atoms with Crippen LogP contribution >= 0.6 is 11.6 Å². The number of halogens is 1. The summed E-state index contributed by atoms with van der Waals surface area (Å²) >= 11 is 5.94. The zero-order chi connectivity index (χ0) is 15.7. The predicted molar refractivity (Wildman–Crippen MR) is 88.0 cm³/mol. The Morgan fingerprint density at radius 2 is 2.00 bits per heavy atom. The second-order valence-corrected chi connectivity index (χ2v) is 6.93. The Morgan fingerprint density at radius 1 is 1.23 bits per heavy atom. The number of nitrogens with zero attached hydrogens (tertiary/aromatic N) is 1. The number of nitrogens with one attached hydrogen (secondary N) is 1. The summed E-state index contributed by atoms with van der Waals surface area (Å²) in [7, 11) is -2.25. The minimum atomic E-state index is -3.73. The summed E-state index contributed by atoms with van der Waals surface area (Å²) in [4.78, 5) is 0. The summed E-state index contributed by atoms with van der Waals surface area (Å²) in [6.07, 6.45) is 0.698. The molecule has 3 rings (SSSR count). The minimum absolute atomic E-state index is 0.319. The number of benzene rings is 2. The molecule has 1 aliphatic rings. The molecule has 0 spiro atoms. The first-order valence-electron chi connectivity index (χ1n) is 6.73. The fourth-order valence-electron chi connectivity index (χ4n) is 2.51. The van der Waals surface area contributed by atoms with Crippen molar-refractivity contribution in [3.63, 3.8) is 0 Å². The van der Waals surface area contributed by atoms with Crippen molar-refractivity contribution in [2.24, 2.45) is 0 Å². The van der Waals surface area contributed by atoms with Gasteiger partial charge < -0.3 is 4.74 Å². The number of anilines is 2. The summed E-state index contributed by atoms with van der Waals surface area (Å²) < 4.78 is 34.4. The van der Waals surface area contributed by atoms with Gasteiger partial charge in [-0.2, -0.15) is 8.42 Å². The van der Waals surface area contributed by atoms with Crippen LogP contribution in [0, 0.1) is 0 Å². The lowest BCUT2D eigenvalue weighted by Gasteiger charge is -2.21. The van der Waals surface area contributed by atoms with Gasteiger partial charge in [0.1, 0.15) is 5.75 Å². The second-order valence-electron chi connectivity index (χ2n) is 4.90. The van der Waals surface area contributed by atoms with Crippen LogP contribution in [0.25, 0.3) is 0 Å². The molecule has 0 bridgehead atoms. The van der Waals surface area contributed by atoms with E-state index in [0.29, 0.717) is 35.1 Å². The molecule has 0 unspecified atom stereocenters. The van der Waals surface area contributed by atoms with Gasteiger partial charge in [0.25, 0.3) is 0 Å². The normalized spacial score (nSPS) is 13.8. The second kappa shape index (κ2) is 5.70. The number of hydrogen-bond acceptors (Lipinski definition) is 3. The van der Waals surface area contributed by atoms with Crippen molar-refractivity contribution in [1.82, 2.24) is 0 Å². The molecule has 0 aliphatic carbocycles. The predicted octanol–water partition coefficient (Wildman–Crippen LogP) is 3.07. The third-order valence-corrected chi connectivity index (χ3v) is 5.21. The van der Waals surface area contributed by atoms with Gasteiger partial charge in [0.15, 0.2) is 0 Å². The lowest BCUT2D eigenvalue weighted by atomic mass is 10.2. The molecule has 5 nitrogen and oxygen atoms in total. The maximum Gasteiger partial charge on any atom is 0.324 e. The summed E-state index contributed by atoms with van der Waals surface area (Å²) in [5, 5.41) is 0.431. The Morgan fingerprint density at radius 3 is 2.77 bits per heavy atom. The molecule has 2 aromatic carbocycles. The van der Waals surface area contributed by atoms with E-state index < -0.39 is 10.2 Å². The fraction of sp³-hybridized carbons (Fsp3) is 0.200. The Kier molecular flexibility index (Phi) is 3.88. The number of ether oxygens (including phenoxy) is 1. The van der Waals surface area contributed by atoms with E-state index in [-0.39, 0.29) is 0 Å². The highest BCUT2D eigenvalue weighted by Crippen LogP contribution is 2.33. The lowest BCUT2D eigenvalue weighted by Crippen LogP contribution is -2.34. The first-order chi connectivity index (χ1) is 10.5. The van der Waals surface area contributed by atoms with Gasteiger partial charge in [-0.05, 0) is 36.2 Å². The van der Waals surface area contributed by atoms with Crippen LogP contribution in [0.3, 0.4) is 0 Å². The Bertz CT molecular complexity index is 808. The zero-order valence-electron chi connectivity index (χ0n) is 11.9. The first-order valence-corrected chi connectivity index (χ1v) is 8.55. The molecule has 7 heteroatoms. The van der Waals surface area contributed by atoms with E-state index >= 15 is 0 Å². The molecule has 0 aromatic heterocycles. The van der Waals surface area contributed by atoms with Crippen molar-refractivity contribution >= 4 is 33.2 Å². The van der Waals surface area contributed by atoms with Gasteiger partial charge in [0.05, 0.1) is 18.5 Å². The number of para-hydroxylation sites is 1. The molecule has 1 aliphatic heterocycles. The topological polar surface area (TPSA) is 58.6 Å². The van der Waals surface area contributed by atoms with Crippen LogP contribution in [0.15, 0.2) is 42.5 Å². The number of rotatable bonds is 4. The molecule has 0 fully saturated rings. The number of fused-ring (bicyclic) bond motifs is 1. The van der Waals surface area contributed by atoms with Crippen LogP contribution in [0.1, 0.15) is 5.56 Å². The Labute approximate surface area is 134 Å². The zero-order valence-corrected chi connectivity index (χ0v) is 13.5. The highest BCUT2D eigenvalue weighted by molar-refractivity contribution is 7.94. The van der Waals surface area contributed by atoms with Crippen molar-refractivity contribution in [1.29, 1.82) is 0 Å². The van der Waals surface area contributed by atoms with Gasteiger partial charge in [0, 0.05) is 11.6 Å². The third kappa shape index (κ3) is 2.71. The molecule has 0 saturated carbocycles. The van der Waals surface area contributed by atoms with Crippen molar-refractivity contribution in [2.45, 2.75) is 6.42 Å². The van der Waals surface area contributed by atoms with Crippen molar-refractivity contribution < 1.29 is 13.2 Å². The maximum absolute atomic E-state index is 12.7. The van der Waals surface area contributed by atoms with Crippen LogP contribution in [0.5, 0.6) is 5.75 Å². The Hall–Kier alpha value is -1.92. The van der Waals surface area contributed by atoms with Crippen LogP contribution in [-0.4, -0.2) is 22.1 Å². The largest absolute Gasteiger partial charge is 0.495 e. The summed E-state index contributed by atoms with van der Waals surface area (Å²) in [5.74, 6) is 0.417. The number of methoxy groups -OCH3 is 1. The average Bonchev–Trinajstić information content (AvgIpc) is 2.92. The summed E-state index contributed by atoms with van der Waals surface area (Å²) in [5.41, 5.74) is 2.04. The van der Waals surface area contributed by atoms with E-state index in [2.05, 4.69) is 4.72 Å². The standard InChI is InChI=1S/C15H15ClN2O3S/c1-21-15-7-6-12(16)10-13(15)17-22(19,20)18-9-8-11-4-2-3-5-14(11)18/h2-7,10,17H,8-9H2,1H3. The SMILES string of the molecule is COc1ccc(Cl)cc1NS(=O)(=O)N1CCc2ccccc21. The van der Waals surface area contributed by atoms with E-state index in [1.807, 2.05) is 18.2 Å². The average molecular weight is 339 g/mol. The Balaban J connectivity index is 1.94. The quantitative estimate of drug-likeness (QED) is 0.932. The van der Waals surface area contributed by atoms with Gasteiger partial charge in [-0.25, -0.2) is 0 Å². The van der Waals surface area contributed by atoms with Crippen LogP contribution in [0.4, 0.5) is 11.4 Å². The summed E-state index contributed by atoms with van der Waals surface area (Å²) in [6, 6.07) is 12.3. The van der Waals surface area contributed by atoms with Gasteiger partial charge in [-0.3, -0.25) is 9.03 Å². The van der Waals surface area contributed by atoms with Crippen LogP contribution in [0.2, 0.25) is 5.02 Å². The molecule has 116 valence electrons. The first kappa shape index (κ1) is 15.0. The molecule has 1 heterocycles. The lowest BCUT2D eigenvalue weighted by molar-refractivity contribution is 0.417. The van der Waals surface area contributed by atoms with Crippen molar-refractivity contribution in [3.05, 3.63) is 53.1 Å². The molecular weight excluding hydrogens is 324 g/mol. The molecule has 1 N–H and O–H groups in total. The molecular formula is C15H15ClN2O3S. The number of hydrogen-bond donors (Lipinski definition) is 1. The minimum Gasteiger partial charge on any atom is -0.495 e. The molecule has 0 saturated heterocycles. The maximum atomic E-state index is 12.7. The highest BCUT2D eigenvalue weighted by atomic mass is 35.5. The van der Waals surface area contributed by atoms with Crippen LogP contribution < -0.4 is 13.8 Å². The summed E-state index contributed by atoms with van der Waals surface area (Å²) in [6.45, 7) is 0.414. The van der Waals surface area contributed by atoms with Gasteiger partial charge in [-0.1, -0.05) is 29.8 Å². The van der Waals surface area contributed by atoms with Gasteiger partial charge in [-0.15, -0.1) is 0 Å². The van der Waals surface area contributed by atoms with E-state index in [1.54, 1.807) is 18.2 Å². The fourth-order valence-corrected chi connectivity index (χ4v) is 4.00. The van der Waals surface area contributed by atoms with E-state index in [0.717, 1.165) is 5.56 Å². The monoisotopic (exact) mass is 338 g/mol. The third-order valence-electron chi connectivity index (χ3n) is 3.54. The highest BCUT2D eigenvalue weighted by Gasteiger charge is 2.29. The molecule has 2 aromatic rings. The van der Waals surface area contributed by atoms with E-state index in [9.17, 15) is 8.42 Å². The smallest absolute Gasteiger partial charge is 0.324 e. The van der Waals surface area contributed by atoms with Crippen molar-refractivity contribution in [2.75, 3.05) is 22.7 Å². The molecule has 0 radical (unpaired) electrons. The molecule has 0 atom stereocenters. The molecule has 0 amide bonds. The molecule has 22 heavy (non-hydrogen) atoms.